The lowest BCUT2D eigenvalue weighted by atomic mass is 10.1. The Balaban J connectivity index is 2.17. The van der Waals surface area contributed by atoms with Crippen LogP contribution in [0.4, 0.5) is 0 Å². The largest absolute Gasteiger partial charge is 0.380 e. The second kappa shape index (κ2) is 7.19. The van der Waals surface area contributed by atoms with Crippen molar-refractivity contribution in [2.24, 2.45) is 0 Å². The van der Waals surface area contributed by atoms with Crippen LogP contribution in [0.5, 0.6) is 0 Å². The molecule has 1 atom stereocenters. The average molecular weight is 332 g/mol. The van der Waals surface area contributed by atoms with Gasteiger partial charge in [0.2, 0.25) is 10.0 Å². The van der Waals surface area contributed by atoms with Crippen molar-refractivity contribution in [1.29, 1.82) is 0 Å². The van der Waals surface area contributed by atoms with E-state index in [0.717, 1.165) is 17.7 Å². The second-order valence-electron chi connectivity index (χ2n) is 5.61. The van der Waals surface area contributed by atoms with Gasteiger partial charge < -0.3 is 10.1 Å². The molecule has 0 bridgehead atoms. The predicted octanol–water partition coefficient (Wildman–Crippen LogP) is 2.05. The van der Waals surface area contributed by atoms with E-state index in [2.05, 4.69) is 19.2 Å². The number of hydrogen-bond acceptors (Lipinski definition) is 5. The minimum Gasteiger partial charge on any atom is -0.380 e. The summed E-state index contributed by atoms with van der Waals surface area (Å²) in [6, 6.07) is 2.05. The van der Waals surface area contributed by atoms with Crippen molar-refractivity contribution in [1.82, 2.24) is 9.62 Å². The highest BCUT2D eigenvalue weighted by atomic mass is 32.2. The molecule has 1 aromatic heterocycles. The molecule has 1 fully saturated rings. The van der Waals surface area contributed by atoms with Crippen molar-refractivity contribution >= 4 is 21.4 Å². The van der Waals surface area contributed by atoms with Gasteiger partial charge in [-0.3, -0.25) is 0 Å². The molecule has 1 unspecified atom stereocenters. The summed E-state index contributed by atoms with van der Waals surface area (Å²) in [5.41, 5.74) is 0. The van der Waals surface area contributed by atoms with Crippen LogP contribution < -0.4 is 5.32 Å². The summed E-state index contributed by atoms with van der Waals surface area (Å²) in [4.78, 5) is 1.32. The Kier molecular flexibility index (Phi) is 5.79. The number of ether oxygens (including phenoxy) is 1. The van der Waals surface area contributed by atoms with Gasteiger partial charge in [-0.1, -0.05) is 13.8 Å². The van der Waals surface area contributed by atoms with Crippen LogP contribution in [0.3, 0.4) is 0 Å². The first kappa shape index (κ1) is 16.9. The second-order valence-corrected chi connectivity index (χ2v) is 8.51. The molecule has 0 aliphatic carbocycles. The van der Waals surface area contributed by atoms with E-state index >= 15 is 0 Å². The first-order chi connectivity index (χ1) is 9.95. The monoisotopic (exact) mass is 332 g/mol. The highest BCUT2D eigenvalue weighted by Crippen LogP contribution is 2.27. The Bertz CT molecular complexity index is 554. The van der Waals surface area contributed by atoms with Crippen molar-refractivity contribution in [3.8, 4) is 0 Å². The molecule has 2 heterocycles. The first-order valence-corrected chi connectivity index (χ1v) is 9.59. The molecular weight excluding hydrogens is 308 g/mol. The fraction of sp³-hybridized carbons (Fsp3) is 0.714. The molecule has 1 saturated heterocycles. The van der Waals surface area contributed by atoms with Crippen LogP contribution in [0, 0.1) is 0 Å². The molecule has 0 saturated carbocycles. The smallest absolute Gasteiger partial charge is 0.244 e. The van der Waals surface area contributed by atoms with E-state index in [-0.39, 0.29) is 6.10 Å². The average Bonchev–Trinajstić information content (AvgIpc) is 2.94. The van der Waals surface area contributed by atoms with E-state index in [1.54, 1.807) is 17.5 Å². The van der Waals surface area contributed by atoms with Crippen LogP contribution in [-0.4, -0.2) is 45.1 Å². The molecule has 1 aromatic rings. The lowest BCUT2D eigenvalue weighted by molar-refractivity contribution is 0.0572. The van der Waals surface area contributed by atoms with E-state index in [0.29, 0.717) is 30.6 Å². The fourth-order valence-electron chi connectivity index (χ4n) is 2.44. The highest BCUT2D eigenvalue weighted by Gasteiger charge is 2.32. The van der Waals surface area contributed by atoms with Crippen LogP contribution in [0.25, 0.3) is 0 Å². The van der Waals surface area contributed by atoms with Gasteiger partial charge in [-0.05, 0) is 24.3 Å². The van der Waals surface area contributed by atoms with Gasteiger partial charge in [0.15, 0.2) is 0 Å². The molecule has 0 radical (unpaired) electrons. The lowest BCUT2D eigenvalue weighted by Crippen LogP contribution is -2.43. The van der Waals surface area contributed by atoms with Crippen molar-refractivity contribution in [2.45, 2.75) is 50.3 Å². The van der Waals surface area contributed by atoms with Gasteiger partial charge in [-0.25, -0.2) is 8.42 Å². The zero-order valence-electron chi connectivity index (χ0n) is 12.8. The van der Waals surface area contributed by atoms with Gasteiger partial charge in [0.05, 0.1) is 11.0 Å². The molecule has 5 nitrogen and oxygen atoms in total. The maximum Gasteiger partial charge on any atom is 0.244 e. The number of hydrogen-bond donors (Lipinski definition) is 1. The topological polar surface area (TPSA) is 58.6 Å². The molecule has 0 aromatic carbocycles. The molecule has 1 aliphatic rings. The van der Waals surface area contributed by atoms with Crippen molar-refractivity contribution < 1.29 is 13.2 Å². The summed E-state index contributed by atoms with van der Waals surface area (Å²) < 4.78 is 32.5. The van der Waals surface area contributed by atoms with Crippen LogP contribution in [0.1, 0.15) is 31.6 Å². The molecule has 1 aliphatic heterocycles. The zero-order chi connectivity index (χ0) is 15.5. The Morgan fingerprint density at radius 2 is 2.29 bits per heavy atom. The first-order valence-electron chi connectivity index (χ1n) is 7.28. The van der Waals surface area contributed by atoms with E-state index < -0.39 is 10.0 Å². The minimum absolute atomic E-state index is 0.00407. The lowest BCUT2D eigenvalue weighted by Gasteiger charge is -2.31. The highest BCUT2D eigenvalue weighted by molar-refractivity contribution is 7.89. The van der Waals surface area contributed by atoms with Crippen molar-refractivity contribution in [3.63, 3.8) is 0 Å². The molecule has 120 valence electrons. The number of rotatable bonds is 6. The zero-order valence-corrected chi connectivity index (χ0v) is 14.5. The molecule has 2 rings (SSSR count). The van der Waals surface area contributed by atoms with E-state index in [1.165, 1.54) is 11.3 Å². The number of nitrogens with one attached hydrogen (secondary N) is 1. The SMILES string of the molecule is COC1CCCN(S(=O)(=O)c2ccsc2CNC(C)C)C1. The van der Waals surface area contributed by atoms with Gasteiger partial charge >= 0.3 is 0 Å². The fourth-order valence-corrected chi connectivity index (χ4v) is 5.31. The standard InChI is InChI=1S/C14H24N2O3S2/c1-11(2)15-9-13-14(6-8-20-13)21(17,18)16-7-4-5-12(10-16)19-3/h6,8,11-12,15H,4-5,7,9-10H2,1-3H3. The van der Waals surface area contributed by atoms with Gasteiger partial charge in [0.1, 0.15) is 0 Å². The molecule has 0 spiro atoms. The summed E-state index contributed by atoms with van der Waals surface area (Å²) in [5, 5.41) is 5.14. The summed E-state index contributed by atoms with van der Waals surface area (Å²) in [6.07, 6.45) is 1.78. The van der Waals surface area contributed by atoms with Crippen molar-refractivity contribution in [2.75, 3.05) is 20.2 Å². The predicted molar refractivity (Wildman–Crippen MR) is 85.1 cm³/mol. The molecule has 7 heteroatoms. The van der Waals surface area contributed by atoms with Crippen LogP contribution >= 0.6 is 11.3 Å². The van der Waals surface area contributed by atoms with E-state index in [4.69, 9.17) is 4.74 Å². The normalized spacial score (nSPS) is 21.0. The maximum absolute atomic E-state index is 12.8. The minimum atomic E-state index is -3.42. The Morgan fingerprint density at radius 1 is 1.52 bits per heavy atom. The van der Waals surface area contributed by atoms with Crippen LogP contribution in [-0.2, 0) is 21.3 Å². The van der Waals surface area contributed by atoms with Crippen LogP contribution in [0.15, 0.2) is 16.3 Å². The number of sulfonamides is 1. The van der Waals surface area contributed by atoms with Gasteiger partial charge in [-0.2, -0.15) is 4.31 Å². The molecule has 0 amide bonds. The van der Waals surface area contributed by atoms with Crippen molar-refractivity contribution in [3.05, 3.63) is 16.3 Å². The number of nitrogens with zero attached hydrogens (tertiary/aromatic N) is 1. The molecule has 1 N–H and O–H groups in total. The van der Waals surface area contributed by atoms with E-state index in [9.17, 15) is 8.42 Å². The maximum atomic E-state index is 12.8. The Morgan fingerprint density at radius 3 is 2.95 bits per heavy atom. The third kappa shape index (κ3) is 4.04. The number of thiophene rings is 1. The van der Waals surface area contributed by atoms with Gasteiger partial charge in [0, 0.05) is 37.7 Å². The molecule has 21 heavy (non-hydrogen) atoms. The summed E-state index contributed by atoms with van der Waals surface area (Å²) >= 11 is 1.49. The van der Waals surface area contributed by atoms with E-state index in [1.807, 2.05) is 5.38 Å². The number of piperidine rings is 1. The third-order valence-corrected chi connectivity index (χ3v) is 6.67. The van der Waals surface area contributed by atoms with Crippen LogP contribution in [0.2, 0.25) is 0 Å². The van der Waals surface area contributed by atoms with Gasteiger partial charge in [0.25, 0.3) is 0 Å². The number of methoxy groups -OCH3 is 1. The van der Waals surface area contributed by atoms with Gasteiger partial charge in [-0.15, -0.1) is 11.3 Å². The Labute approximate surface area is 131 Å². The summed E-state index contributed by atoms with van der Waals surface area (Å²) in [5.74, 6) is 0. The summed E-state index contributed by atoms with van der Waals surface area (Å²) in [6.45, 7) is 5.72. The molecular formula is C14H24N2O3S2. The third-order valence-electron chi connectivity index (χ3n) is 3.67. The Hall–Kier alpha value is -0.470. The quantitative estimate of drug-likeness (QED) is 0.866. The summed E-state index contributed by atoms with van der Waals surface area (Å²) in [7, 11) is -1.77.